The summed E-state index contributed by atoms with van der Waals surface area (Å²) in [4.78, 5) is 3.97. The standard InChI is InChI=1S/C10H15N3S/c1-7-5-14-6-9(7)13-8-2-3-12-10(11)4-8/h2-4,7,9H,5-6H2,1H3,(H3,11,12,13). The van der Waals surface area contributed by atoms with Crippen LogP contribution in [0.1, 0.15) is 6.92 Å². The van der Waals surface area contributed by atoms with Crippen LogP contribution in [0.2, 0.25) is 0 Å². The van der Waals surface area contributed by atoms with Gasteiger partial charge in [0.05, 0.1) is 0 Å². The van der Waals surface area contributed by atoms with Gasteiger partial charge < -0.3 is 11.1 Å². The molecule has 76 valence electrons. The first kappa shape index (κ1) is 9.65. The maximum atomic E-state index is 5.61. The number of rotatable bonds is 2. The Balaban J connectivity index is 2.03. The third-order valence-corrected chi connectivity index (χ3v) is 3.85. The molecule has 1 aliphatic heterocycles. The van der Waals surface area contributed by atoms with Crippen molar-refractivity contribution in [2.75, 3.05) is 22.6 Å². The molecule has 3 N–H and O–H groups in total. The second-order valence-electron chi connectivity index (χ2n) is 3.73. The fourth-order valence-electron chi connectivity index (χ4n) is 1.60. The van der Waals surface area contributed by atoms with Gasteiger partial charge in [0, 0.05) is 29.7 Å². The van der Waals surface area contributed by atoms with Crippen molar-refractivity contribution in [1.29, 1.82) is 0 Å². The molecule has 1 aliphatic rings. The van der Waals surface area contributed by atoms with Crippen LogP contribution < -0.4 is 11.1 Å². The van der Waals surface area contributed by atoms with Gasteiger partial charge in [0.25, 0.3) is 0 Å². The smallest absolute Gasteiger partial charge is 0.125 e. The first-order valence-corrected chi connectivity index (χ1v) is 5.97. The predicted molar refractivity (Wildman–Crippen MR) is 62.5 cm³/mol. The highest BCUT2D eigenvalue weighted by Gasteiger charge is 2.23. The number of nitrogens with two attached hydrogens (primary N) is 1. The van der Waals surface area contributed by atoms with Crippen molar-refractivity contribution in [2.45, 2.75) is 13.0 Å². The number of nitrogens with zero attached hydrogens (tertiary/aromatic N) is 1. The lowest BCUT2D eigenvalue weighted by molar-refractivity contribution is 0.599. The van der Waals surface area contributed by atoms with Gasteiger partial charge in [-0.15, -0.1) is 0 Å². The van der Waals surface area contributed by atoms with E-state index in [2.05, 4.69) is 17.2 Å². The van der Waals surface area contributed by atoms with Gasteiger partial charge in [-0.3, -0.25) is 0 Å². The number of aromatic nitrogens is 1. The average Bonchev–Trinajstić information content (AvgIpc) is 2.52. The molecule has 1 fully saturated rings. The molecule has 3 nitrogen and oxygen atoms in total. The van der Waals surface area contributed by atoms with Crippen LogP contribution in [0.4, 0.5) is 11.5 Å². The topological polar surface area (TPSA) is 50.9 Å². The highest BCUT2D eigenvalue weighted by Crippen LogP contribution is 2.26. The molecule has 2 atom stereocenters. The van der Waals surface area contributed by atoms with Crippen molar-refractivity contribution < 1.29 is 0 Å². The average molecular weight is 209 g/mol. The Hall–Kier alpha value is -0.900. The van der Waals surface area contributed by atoms with Crippen molar-refractivity contribution in [3.05, 3.63) is 18.3 Å². The highest BCUT2D eigenvalue weighted by atomic mass is 32.2. The minimum atomic E-state index is 0.571. The second-order valence-corrected chi connectivity index (χ2v) is 4.81. The summed E-state index contributed by atoms with van der Waals surface area (Å²) in [6.45, 7) is 2.28. The molecular weight excluding hydrogens is 194 g/mol. The SMILES string of the molecule is CC1CSCC1Nc1ccnc(N)c1. The third kappa shape index (κ3) is 2.12. The summed E-state index contributed by atoms with van der Waals surface area (Å²) in [7, 11) is 0. The molecule has 0 amide bonds. The molecule has 0 radical (unpaired) electrons. The van der Waals surface area contributed by atoms with E-state index in [1.807, 2.05) is 23.9 Å². The van der Waals surface area contributed by atoms with E-state index in [4.69, 9.17) is 5.73 Å². The molecule has 0 aliphatic carbocycles. The quantitative estimate of drug-likeness (QED) is 0.780. The van der Waals surface area contributed by atoms with Crippen molar-refractivity contribution in [3.8, 4) is 0 Å². The van der Waals surface area contributed by atoms with Crippen molar-refractivity contribution >= 4 is 23.3 Å². The Morgan fingerprint density at radius 1 is 1.57 bits per heavy atom. The van der Waals surface area contributed by atoms with E-state index in [0.717, 1.165) is 11.6 Å². The van der Waals surface area contributed by atoms with Gasteiger partial charge in [-0.25, -0.2) is 4.98 Å². The van der Waals surface area contributed by atoms with E-state index in [1.54, 1.807) is 6.20 Å². The molecule has 0 saturated carbocycles. The Kier molecular flexibility index (Phi) is 2.82. The fourth-order valence-corrected chi connectivity index (χ4v) is 3.00. The zero-order chi connectivity index (χ0) is 9.97. The van der Waals surface area contributed by atoms with Gasteiger partial charge in [0.15, 0.2) is 0 Å². The zero-order valence-corrected chi connectivity index (χ0v) is 9.05. The minimum absolute atomic E-state index is 0.571. The number of hydrogen-bond acceptors (Lipinski definition) is 4. The lowest BCUT2D eigenvalue weighted by atomic mass is 10.1. The summed E-state index contributed by atoms with van der Waals surface area (Å²) < 4.78 is 0. The van der Waals surface area contributed by atoms with E-state index >= 15 is 0 Å². The number of nitrogens with one attached hydrogen (secondary N) is 1. The predicted octanol–water partition coefficient (Wildman–Crippen LogP) is 1.83. The molecule has 0 aromatic carbocycles. The molecule has 2 rings (SSSR count). The van der Waals surface area contributed by atoms with Gasteiger partial charge in [0.1, 0.15) is 5.82 Å². The molecule has 2 heterocycles. The van der Waals surface area contributed by atoms with E-state index in [0.29, 0.717) is 11.9 Å². The van der Waals surface area contributed by atoms with Crippen molar-refractivity contribution in [1.82, 2.24) is 4.98 Å². The normalized spacial score (nSPS) is 26.4. The Morgan fingerprint density at radius 2 is 2.43 bits per heavy atom. The first-order valence-electron chi connectivity index (χ1n) is 4.81. The van der Waals surface area contributed by atoms with Crippen LogP contribution in [-0.4, -0.2) is 22.5 Å². The summed E-state index contributed by atoms with van der Waals surface area (Å²) >= 11 is 2.00. The molecule has 14 heavy (non-hydrogen) atoms. The summed E-state index contributed by atoms with van der Waals surface area (Å²) in [5.74, 6) is 3.74. The third-order valence-electron chi connectivity index (χ3n) is 2.50. The molecule has 0 spiro atoms. The number of thioether (sulfide) groups is 1. The Morgan fingerprint density at radius 3 is 3.07 bits per heavy atom. The first-order chi connectivity index (χ1) is 6.75. The summed E-state index contributed by atoms with van der Waals surface area (Å²) in [6.07, 6.45) is 1.74. The van der Waals surface area contributed by atoms with Crippen LogP contribution in [0.5, 0.6) is 0 Å². The largest absolute Gasteiger partial charge is 0.384 e. The lowest BCUT2D eigenvalue weighted by Gasteiger charge is -2.17. The Bertz CT molecular complexity index is 316. The molecule has 1 aromatic rings. The summed E-state index contributed by atoms with van der Waals surface area (Å²) in [5.41, 5.74) is 6.69. The zero-order valence-electron chi connectivity index (χ0n) is 8.23. The molecule has 1 saturated heterocycles. The second kappa shape index (κ2) is 4.09. The van der Waals surface area contributed by atoms with Crippen LogP contribution in [0.3, 0.4) is 0 Å². The van der Waals surface area contributed by atoms with Crippen LogP contribution in [0.25, 0.3) is 0 Å². The summed E-state index contributed by atoms with van der Waals surface area (Å²) in [5, 5.41) is 3.49. The van der Waals surface area contributed by atoms with E-state index in [9.17, 15) is 0 Å². The number of nitrogen functional groups attached to an aromatic ring is 1. The summed E-state index contributed by atoms with van der Waals surface area (Å²) in [6, 6.07) is 4.42. The van der Waals surface area contributed by atoms with Gasteiger partial charge in [0.2, 0.25) is 0 Å². The van der Waals surface area contributed by atoms with E-state index in [1.165, 1.54) is 11.5 Å². The Labute approximate surface area is 88.5 Å². The van der Waals surface area contributed by atoms with Crippen LogP contribution in [-0.2, 0) is 0 Å². The van der Waals surface area contributed by atoms with Gasteiger partial charge >= 0.3 is 0 Å². The lowest BCUT2D eigenvalue weighted by Crippen LogP contribution is -2.25. The van der Waals surface area contributed by atoms with Crippen LogP contribution in [0, 0.1) is 5.92 Å². The van der Waals surface area contributed by atoms with Gasteiger partial charge in [-0.05, 0) is 17.7 Å². The highest BCUT2D eigenvalue weighted by molar-refractivity contribution is 7.99. The van der Waals surface area contributed by atoms with E-state index in [-0.39, 0.29) is 0 Å². The maximum Gasteiger partial charge on any atom is 0.125 e. The minimum Gasteiger partial charge on any atom is -0.384 e. The number of anilines is 2. The van der Waals surface area contributed by atoms with E-state index < -0.39 is 0 Å². The van der Waals surface area contributed by atoms with Crippen LogP contribution >= 0.6 is 11.8 Å². The van der Waals surface area contributed by atoms with Crippen molar-refractivity contribution in [2.24, 2.45) is 5.92 Å². The molecule has 2 unspecified atom stereocenters. The molecule has 0 bridgehead atoms. The molecule has 1 aromatic heterocycles. The van der Waals surface area contributed by atoms with Gasteiger partial charge in [-0.1, -0.05) is 6.92 Å². The number of hydrogen-bond donors (Lipinski definition) is 2. The monoisotopic (exact) mass is 209 g/mol. The van der Waals surface area contributed by atoms with Crippen LogP contribution in [0.15, 0.2) is 18.3 Å². The van der Waals surface area contributed by atoms with Gasteiger partial charge in [-0.2, -0.15) is 11.8 Å². The number of pyridine rings is 1. The van der Waals surface area contributed by atoms with Crippen molar-refractivity contribution in [3.63, 3.8) is 0 Å². The maximum absolute atomic E-state index is 5.61. The molecule has 4 heteroatoms. The fraction of sp³-hybridized carbons (Fsp3) is 0.500. The molecular formula is C10H15N3S.